The van der Waals surface area contributed by atoms with Crippen molar-refractivity contribution in [2.45, 2.75) is 39.5 Å². The van der Waals surface area contributed by atoms with Crippen molar-refractivity contribution in [3.63, 3.8) is 0 Å². The zero-order valence-electron chi connectivity index (χ0n) is 13.8. The molecule has 0 saturated carbocycles. The number of rotatable bonds is 8. The minimum Gasteiger partial charge on any atom is -0.342 e. The van der Waals surface area contributed by atoms with Crippen LogP contribution in [0.2, 0.25) is 0 Å². The van der Waals surface area contributed by atoms with Gasteiger partial charge in [-0.1, -0.05) is 62.2 Å². The lowest BCUT2D eigenvalue weighted by molar-refractivity contribution is -0.663. The normalized spacial score (nSPS) is 11.2. The summed E-state index contributed by atoms with van der Waals surface area (Å²) < 4.78 is 10.3. The Morgan fingerprint density at radius 3 is 2.57 bits per heavy atom. The summed E-state index contributed by atoms with van der Waals surface area (Å²) >= 11 is 0. The molecule has 3 aromatic rings. The highest BCUT2D eigenvalue weighted by Gasteiger charge is 2.15. The number of nitrogens with zero attached hydrogens (tertiary/aromatic N) is 2. The smallest absolute Gasteiger partial charge is 0.246 e. The molecule has 3 heteroatoms. The van der Waals surface area contributed by atoms with E-state index >= 15 is 0 Å². The Morgan fingerprint density at radius 2 is 1.74 bits per heavy atom. The molecule has 3 rings (SSSR count). The fraction of sp³-hybridized carbons (Fsp3) is 0.350. The van der Waals surface area contributed by atoms with E-state index in [9.17, 15) is 0 Å². The minimum absolute atomic E-state index is 0.617. The predicted octanol–water partition coefficient (Wildman–Crippen LogP) is 4.14. The van der Waals surface area contributed by atoms with Crippen LogP contribution in [0.15, 0.2) is 60.9 Å². The van der Waals surface area contributed by atoms with E-state index in [-0.39, 0.29) is 0 Å². The highest BCUT2D eigenvalue weighted by Crippen LogP contribution is 2.12. The number of aromatic nitrogens is 2. The third-order valence-electron chi connectivity index (χ3n) is 4.10. The van der Waals surface area contributed by atoms with Crippen LogP contribution in [-0.4, -0.2) is 11.2 Å². The molecule has 3 nitrogen and oxygen atoms in total. The maximum absolute atomic E-state index is 5.84. The quantitative estimate of drug-likeness (QED) is 0.452. The van der Waals surface area contributed by atoms with Gasteiger partial charge in [0.25, 0.3) is 0 Å². The molecule has 0 saturated heterocycles. The largest absolute Gasteiger partial charge is 0.342 e. The van der Waals surface area contributed by atoms with E-state index in [1.165, 1.54) is 29.4 Å². The summed E-state index contributed by atoms with van der Waals surface area (Å²) in [4.78, 5) is 0. The van der Waals surface area contributed by atoms with E-state index in [0.717, 1.165) is 19.6 Å². The molecule has 0 fully saturated rings. The number of imidazole rings is 1. The first kappa shape index (κ1) is 15.8. The second-order valence-electron chi connectivity index (χ2n) is 5.93. The Bertz CT molecular complexity index is 734. The first-order valence-electron chi connectivity index (χ1n) is 8.47. The molecule has 120 valence electrons. The van der Waals surface area contributed by atoms with E-state index in [2.05, 4.69) is 77.0 Å². The minimum atomic E-state index is 0.617. The average Bonchev–Trinajstić information content (AvgIpc) is 2.94. The zero-order chi connectivity index (χ0) is 15.9. The number of fused-ring (bicyclic) bond motifs is 1. The van der Waals surface area contributed by atoms with E-state index in [1.807, 2.05) is 0 Å². The average molecular weight is 309 g/mol. The molecule has 1 aromatic heterocycles. The van der Waals surface area contributed by atoms with Gasteiger partial charge in [-0.05, 0) is 24.1 Å². The molecule has 0 amide bonds. The second kappa shape index (κ2) is 7.93. The van der Waals surface area contributed by atoms with E-state index in [1.54, 1.807) is 0 Å². The SMILES string of the molecule is CCCCCOCn1c[n+](Cc2ccccc2)c2ccccc21. The number of hydrogen-bond acceptors (Lipinski definition) is 1. The highest BCUT2D eigenvalue weighted by atomic mass is 16.5. The summed E-state index contributed by atoms with van der Waals surface area (Å²) in [6, 6.07) is 19.1. The van der Waals surface area contributed by atoms with Gasteiger partial charge in [0, 0.05) is 0 Å². The summed E-state index contributed by atoms with van der Waals surface area (Å²) in [6.07, 6.45) is 5.77. The second-order valence-corrected chi connectivity index (χ2v) is 5.93. The van der Waals surface area contributed by atoms with Gasteiger partial charge in [0.15, 0.2) is 17.8 Å². The Hall–Kier alpha value is -2.13. The molecular formula is C20H25N2O+. The molecular weight excluding hydrogens is 284 g/mol. The number of hydrogen-bond donors (Lipinski definition) is 0. The Morgan fingerprint density at radius 1 is 0.957 bits per heavy atom. The molecule has 1 heterocycles. The standard InChI is InChI=1S/C20H25N2O/c1-2-3-9-14-23-17-22-16-21(15-18-10-5-4-6-11-18)19-12-7-8-13-20(19)22/h4-8,10-13,16H,2-3,9,14-15,17H2,1H3/q+1. The number of benzene rings is 2. The summed E-state index contributed by atoms with van der Waals surface area (Å²) in [5.74, 6) is 0. The first-order chi connectivity index (χ1) is 11.4. The summed E-state index contributed by atoms with van der Waals surface area (Å²) in [6.45, 7) is 4.54. The molecule has 2 aromatic carbocycles. The monoisotopic (exact) mass is 309 g/mol. The van der Waals surface area contributed by atoms with Crippen molar-refractivity contribution < 1.29 is 9.30 Å². The van der Waals surface area contributed by atoms with Crippen molar-refractivity contribution >= 4 is 11.0 Å². The maximum Gasteiger partial charge on any atom is 0.246 e. The van der Waals surface area contributed by atoms with Crippen LogP contribution < -0.4 is 4.57 Å². The Balaban J connectivity index is 1.76. The van der Waals surface area contributed by atoms with Crippen molar-refractivity contribution in [1.29, 1.82) is 0 Å². The molecule has 0 radical (unpaired) electrons. The van der Waals surface area contributed by atoms with Crippen molar-refractivity contribution in [1.82, 2.24) is 4.57 Å². The number of ether oxygens (including phenoxy) is 1. The first-order valence-corrected chi connectivity index (χ1v) is 8.47. The van der Waals surface area contributed by atoms with Crippen LogP contribution >= 0.6 is 0 Å². The van der Waals surface area contributed by atoms with Gasteiger partial charge in [0.2, 0.25) is 6.33 Å². The van der Waals surface area contributed by atoms with E-state index in [4.69, 9.17) is 4.74 Å². The maximum atomic E-state index is 5.84. The molecule has 0 unspecified atom stereocenters. The molecule has 23 heavy (non-hydrogen) atoms. The fourth-order valence-corrected chi connectivity index (χ4v) is 2.87. The zero-order valence-corrected chi connectivity index (χ0v) is 13.8. The molecule has 0 N–H and O–H groups in total. The van der Waals surface area contributed by atoms with Gasteiger partial charge < -0.3 is 4.74 Å². The predicted molar refractivity (Wildman–Crippen MR) is 93.2 cm³/mol. The van der Waals surface area contributed by atoms with Crippen LogP contribution in [0.5, 0.6) is 0 Å². The highest BCUT2D eigenvalue weighted by molar-refractivity contribution is 5.71. The fourth-order valence-electron chi connectivity index (χ4n) is 2.87. The van der Waals surface area contributed by atoms with Crippen molar-refractivity contribution in [2.24, 2.45) is 0 Å². The van der Waals surface area contributed by atoms with Crippen LogP contribution in [0.1, 0.15) is 31.7 Å². The van der Waals surface area contributed by atoms with Gasteiger partial charge in [-0.2, -0.15) is 0 Å². The van der Waals surface area contributed by atoms with Crippen molar-refractivity contribution in [3.05, 3.63) is 66.5 Å². The van der Waals surface area contributed by atoms with Crippen LogP contribution in [-0.2, 0) is 18.0 Å². The molecule has 0 aliphatic heterocycles. The number of para-hydroxylation sites is 2. The van der Waals surface area contributed by atoms with Crippen molar-refractivity contribution in [2.75, 3.05) is 6.61 Å². The summed E-state index contributed by atoms with van der Waals surface area (Å²) in [5.41, 5.74) is 3.77. The lowest BCUT2D eigenvalue weighted by Crippen LogP contribution is -2.32. The van der Waals surface area contributed by atoms with Crippen molar-refractivity contribution in [3.8, 4) is 0 Å². The summed E-state index contributed by atoms with van der Waals surface area (Å²) in [5, 5.41) is 0. The lowest BCUT2D eigenvalue weighted by Gasteiger charge is -2.01. The van der Waals surface area contributed by atoms with Gasteiger partial charge >= 0.3 is 0 Å². The van der Waals surface area contributed by atoms with Crippen LogP contribution in [0.25, 0.3) is 11.0 Å². The van der Waals surface area contributed by atoms with E-state index in [0.29, 0.717) is 6.73 Å². The Labute approximate surface area is 138 Å². The van der Waals surface area contributed by atoms with Gasteiger partial charge in [-0.3, -0.25) is 0 Å². The number of unbranched alkanes of at least 4 members (excludes halogenated alkanes) is 2. The van der Waals surface area contributed by atoms with Gasteiger partial charge in [0.1, 0.15) is 6.54 Å². The van der Waals surface area contributed by atoms with Crippen LogP contribution in [0.3, 0.4) is 0 Å². The van der Waals surface area contributed by atoms with Gasteiger partial charge in [-0.15, -0.1) is 0 Å². The lowest BCUT2D eigenvalue weighted by atomic mass is 10.2. The molecule has 0 bridgehead atoms. The molecule has 0 aliphatic carbocycles. The third-order valence-corrected chi connectivity index (χ3v) is 4.10. The molecule has 0 aliphatic rings. The van der Waals surface area contributed by atoms with Crippen LogP contribution in [0, 0.1) is 0 Å². The summed E-state index contributed by atoms with van der Waals surface area (Å²) in [7, 11) is 0. The molecule has 0 spiro atoms. The van der Waals surface area contributed by atoms with Gasteiger partial charge in [-0.25, -0.2) is 9.13 Å². The van der Waals surface area contributed by atoms with E-state index < -0.39 is 0 Å². The topological polar surface area (TPSA) is 18.0 Å². The molecule has 0 atom stereocenters. The Kier molecular flexibility index (Phi) is 5.43. The van der Waals surface area contributed by atoms with Gasteiger partial charge in [0.05, 0.1) is 6.61 Å². The third kappa shape index (κ3) is 3.99. The van der Waals surface area contributed by atoms with Crippen LogP contribution in [0.4, 0.5) is 0 Å².